The predicted octanol–water partition coefficient (Wildman–Crippen LogP) is 4.97. The van der Waals surface area contributed by atoms with Gasteiger partial charge in [0.1, 0.15) is 5.69 Å². The van der Waals surface area contributed by atoms with Gasteiger partial charge in [0.25, 0.3) is 11.7 Å². The Morgan fingerprint density at radius 1 is 0.930 bits per heavy atom. The molecule has 43 heavy (non-hydrogen) atoms. The van der Waals surface area contributed by atoms with Crippen LogP contribution in [0.15, 0.2) is 72.9 Å². The highest BCUT2D eigenvalue weighted by atomic mass is 35.5. The van der Waals surface area contributed by atoms with Crippen molar-refractivity contribution in [3.8, 4) is 11.4 Å². The number of amides is 2. The van der Waals surface area contributed by atoms with Gasteiger partial charge >= 0.3 is 0 Å². The number of ketones is 1. The van der Waals surface area contributed by atoms with E-state index < -0.39 is 11.7 Å². The molecule has 0 saturated heterocycles. The SMILES string of the molecule is Cc1nn(-c2ccc(Cl)c(Cl)c2)c(C)c1CC(=O)NCc1ccccc1-n1cc(CN2C(=O)C(=O)c3ccccc32)nn1. The number of halogens is 2. The number of hydrogen-bond acceptors (Lipinski definition) is 6. The second-order valence-electron chi connectivity index (χ2n) is 10.1. The number of Topliss-reactive ketones (excluding diaryl/α,β-unsaturated/α-hetero) is 1. The van der Waals surface area contributed by atoms with E-state index in [2.05, 4.69) is 20.7 Å². The standard InChI is InChI=1S/C31H25Cl2N7O3/c1-18-24(19(2)40(36-18)22-11-12-25(32)26(33)13-22)14-29(41)34-15-20-7-3-5-9-27(20)39-17-21(35-37-39)16-38-28-10-6-4-8-23(28)30(42)31(38)43/h3-13,17H,14-16H2,1-2H3,(H,34,41). The molecule has 2 aromatic heterocycles. The van der Waals surface area contributed by atoms with Crippen LogP contribution in [0, 0.1) is 13.8 Å². The lowest BCUT2D eigenvalue weighted by Crippen LogP contribution is -2.29. The number of nitrogens with one attached hydrogen (secondary N) is 1. The molecule has 3 aromatic carbocycles. The molecule has 0 unspecified atom stereocenters. The third kappa shape index (κ3) is 5.42. The summed E-state index contributed by atoms with van der Waals surface area (Å²) in [6, 6.07) is 19.7. The minimum atomic E-state index is -0.591. The molecule has 2 amide bonds. The summed E-state index contributed by atoms with van der Waals surface area (Å²) < 4.78 is 3.35. The van der Waals surface area contributed by atoms with Crippen LogP contribution < -0.4 is 10.2 Å². The Morgan fingerprint density at radius 2 is 1.67 bits per heavy atom. The van der Waals surface area contributed by atoms with E-state index in [1.807, 2.05) is 44.2 Å². The Labute approximate surface area is 256 Å². The number of para-hydroxylation sites is 2. The number of nitrogens with zero attached hydrogens (tertiary/aromatic N) is 6. The molecule has 0 radical (unpaired) electrons. The molecule has 0 spiro atoms. The summed E-state index contributed by atoms with van der Waals surface area (Å²) in [5.74, 6) is -1.28. The fraction of sp³-hybridized carbons (Fsp3) is 0.161. The number of carbonyl (C=O) groups is 3. The van der Waals surface area contributed by atoms with Crippen LogP contribution in [0.4, 0.5) is 5.69 Å². The summed E-state index contributed by atoms with van der Waals surface area (Å²) in [5.41, 5.74) is 6.17. The van der Waals surface area contributed by atoms with Crippen LogP contribution in [-0.4, -0.2) is 42.4 Å². The topological polar surface area (TPSA) is 115 Å². The number of anilines is 1. The second-order valence-corrected chi connectivity index (χ2v) is 10.9. The van der Waals surface area contributed by atoms with Gasteiger partial charge in [0, 0.05) is 17.8 Å². The highest BCUT2D eigenvalue weighted by Gasteiger charge is 2.35. The molecule has 3 heterocycles. The molecule has 216 valence electrons. The number of hydrogen-bond donors (Lipinski definition) is 1. The lowest BCUT2D eigenvalue weighted by atomic mass is 10.1. The molecule has 0 atom stereocenters. The van der Waals surface area contributed by atoms with Gasteiger partial charge in [0.15, 0.2) is 0 Å². The van der Waals surface area contributed by atoms with Gasteiger partial charge in [-0.1, -0.05) is 58.7 Å². The molecule has 6 rings (SSSR count). The van der Waals surface area contributed by atoms with Gasteiger partial charge in [0.05, 0.1) is 57.5 Å². The Balaban J connectivity index is 1.14. The number of fused-ring (bicyclic) bond motifs is 1. The molecule has 0 bridgehead atoms. The van der Waals surface area contributed by atoms with E-state index in [1.54, 1.807) is 52.0 Å². The minimum absolute atomic E-state index is 0.106. The van der Waals surface area contributed by atoms with E-state index in [1.165, 1.54) is 4.90 Å². The quantitative estimate of drug-likeness (QED) is 0.247. The lowest BCUT2D eigenvalue weighted by molar-refractivity contribution is -0.120. The van der Waals surface area contributed by atoms with Crippen LogP contribution in [0.25, 0.3) is 11.4 Å². The van der Waals surface area contributed by atoms with Gasteiger partial charge in [-0.15, -0.1) is 5.10 Å². The van der Waals surface area contributed by atoms with Crippen LogP contribution in [0.3, 0.4) is 0 Å². The molecule has 5 aromatic rings. The van der Waals surface area contributed by atoms with Crippen molar-refractivity contribution in [2.45, 2.75) is 33.4 Å². The lowest BCUT2D eigenvalue weighted by Gasteiger charge is -2.14. The summed E-state index contributed by atoms with van der Waals surface area (Å²) in [7, 11) is 0. The van der Waals surface area contributed by atoms with Crippen molar-refractivity contribution in [2.75, 3.05) is 4.90 Å². The van der Waals surface area contributed by atoms with Gasteiger partial charge in [0.2, 0.25) is 5.91 Å². The molecule has 0 saturated carbocycles. The third-order valence-corrected chi connectivity index (χ3v) is 8.12. The van der Waals surface area contributed by atoms with Crippen LogP contribution in [0.2, 0.25) is 10.0 Å². The van der Waals surface area contributed by atoms with Gasteiger partial charge in [-0.3, -0.25) is 19.3 Å². The van der Waals surface area contributed by atoms with Gasteiger partial charge in [-0.25, -0.2) is 9.36 Å². The molecule has 10 nitrogen and oxygen atoms in total. The highest BCUT2D eigenvalue weighted by Crippen LogP contribution is 2.30. The first kappa shape index (κ1) is 28.3. The smallest absolute Gasteiger partial charge is 0.299 e. The van der Waals surface area contributed by atoms with Crippen molar-refractivity contribution in [3.63, 3.8) is 0 Å². The maximum atomic E-state index is 13.1. The van der Waals surface area contributed by atoms with Crippen molar-refractivity contribution in [1.82, 2.24) is 30.1 Å². The minimum Gasteiger partial charge on any atom is -0.352 e. The molecule has 12 heteroatoms. The second kappa shape index (κ2) is 11.5. The first-order chi connectivity index (χ1) is 20.7. The van der Waals surface area contributed by atoms with Crippen molar-refractivity contribution in [1.29, 1.82) is 0 Å². The molecule has 1 N–H and O–H groups in total. The van der Waals surface area contributed by atoms with E-state index in [0.717, 1.165) is 33.9 Å². The molecule has 1 aliphatic heterocycles. The summed E-state index contributed by atoms with van der Waals surface area (Å²) in [6.07, 6.45) is 1.86. The van der Waals surface area contributed by atoms with E-state index in [4.69, 9.17) is 23.2 Å². The Bertz CT molecular complexity index is 1910. The zero-order valence-electron chi connectivity index (χ0n) is 23.2. The normalized spacial score (nSPS) is 12.6. The molecule has 1 aliphatic rings. The highest BCUT2D eigenvalue weighted by molar-refractivity contribution is 6.52. The fourth-order valence-electron chi connectivity index (χ4n) is 5.16. The van der Waals surface area contributed by atoms with E-state index in [9.17, 15) is 14.4 Å². The fourth-order valence-corrected chi connectivity index (χ4v) is 5.45. The Kier molecular flexibility index (Phi) is 7.55. The van der Waals surface area contributed by atoms with E-state index in [0.29, 0.717) is 27.0 Å². The maximum absolute atomic E-state index is 13.1. The van der Waals surface area contributed by atoms with Crippen molar-refractivity contribution >= 4 is 46.5 Å². The largest absolute Gasteiger partial charge is 0.352 e. The van der Waals surface area contributed by atoms with E-state index in [-0.39, 0.29) is 25.4 Å². The molecular weight excluding hydrogens is 589 g/mol. The predicted molar refractivity (Wildman–Crippen MR) is 162 cm³/mol. The number of carbonyl (C=O) groups excluding carboxylic acids is 3. The average Bonchev–Trinajstić information content (AvgIpc) is 3.66. The molecule has 0 aliphatic carbocycles. The Hall–Kier alpha value is -4.80. The van der Waals surface area contributed by atoms with E-state index >= 15 is 0 Å². The average molecular weight is 614 g/mol. The zero-order valence-corrected chi connectivity index (χ0v) is 24.7. The number of benzene rings is 3. The molecular formula is C31H25Cl2N7O3. The zero-order chi connectivity index (χ0) is 30.2. The first-order valence-electron chi connectivity index (χ1n) is 13.4. The van der Waals surface area contributed by atoms with Gasteiger partial charge in [-0.2, -0.15) is 5.10 Å². The number of aryl methyl sites for hydroxylation is 1. The molecule has 0 fully saturated rings. The summed E-state index contributed by atoms with van der Waals surface area (Å²) >= 11 is 12.3. The monoisotopic (exact) mass is 613 g/mol. The van der Waals surface area contributed by atoms with Gasteiger partial charge < -0.3 is 5.32 Å². The van der Waals surface area contributed by atoms with Crippen LogP contribution >= 0.6 is 23.2 Å². The van der Waals surface area contributed by atoms with Gasteiger partial charge in [-0.05, 0) is 55.8 Å². The maximum Gasteiger partial charge on any atom is 0.299 e. The summed E-state index contributed by atoms with van der Waals surface area (Å²) in [6.45, 7) is 4.14. The third-order valence-electron chi connectivity index (χ3n) is 7.38. The summed E-state index contributed by atoms with van der Waals surface area (Å²) in [4.78, 5) is 39.4. The first-order valence-corrected chi connectivity index (χ1v) is 14.2. The van der Waals surface area contributed by atoms with Crippen molar-refractivity contribution in [3.05, 3.63) is 117 Å². The Morgan fingerprint density at radius 3 is 2.47 bits per heavy atom. The number of aromatic nitrogens is 5. The summed E-state index contributed by atoms with van der Waals surface area (Å²) in [5, 5.41) is 17.0. The van der Waals surface area contributed by atoms with Crippen LogP contribution in [0.5, 0.6) is 0 Å². The van der Waals surface area contributed by atoms with Crippen molar-refractivity contribution < 1.29 is 14.4 Å². The number of rotatable bonds is 8. The van der Waals surface area contributed by atoms with Crippen molar-refractivity contribution in [2.24, 2.45) is 0 Å². The van der Waals surface area contributed by atoms with Crippen LogP contribution in [-0.2, 0) is 29.1 Å². The van der Waals surface area contributed by atoms with Crippen LogP contribution in [0.1, 0.15) is 38.6 Å².